The maximum absolute atomic E-state index is 5.64. The zero-order chi connectivity index (χ0) is 17.5. The molecule has 23 heavy (non-hydrogen) atoms. The first-order valence-corrected chi connectivity index (χ1v) is 9.46. The van der Waals surface area contributed by atoms with E-state index in [0.717, 1.165) is 26.2 Å². The highest BCUT2D eigenvalue weighted by atomic mass is 15.2. The van der Waals surface area contributed by atoms with Crippen molar-refractivity contribution in [3.05, 3.63) is 0 Å². The summed E-state index contributed by atoms with van der Waals surface area (Å²) in [5.41, 5.74) is 6.46. The first-order valence-electron chi connectivity index (χ1n) is 9.46. The third-order valence-corrected chi connectivity index (χ3v) is 5.00. The number of nitrogens with two attached hydrogens (primary N) is 1. The largest absolute Gasteiger partial charge is 0.329 e. The predicted octanol–water partition coefficient (Wildman–Crippen LogP) is 2.39. The second kappa shape index (κ2) is 9.36. The van der Waals surface area contributed by atoms with Crippen LogP contribution in [0.15, 0.2) is 0 Å². The maximum atomic E-state index is 5.64. The molecule has 0 radical (unpaired) electrons. The van der Waals surface area contributed by atoms with Gasteiger partial charge in [-0.2, -0.15) is 0 Å². The predicted molar refractivity (Wildman–Crippen MR) is 102 cm³/mol. The van der Waals surface area contributed by atoms with Crippen LogP contribution in [-0.4, -0.2) is 68.7 Å². The fourth-order valence-electron chi connectivity index (χ4n) is 3.32. The molecule has 138 valence electrons. The molecule has 1 aliphatic heterocycles. The molecule has 1 unspecified atom stereocenters. The van der Waals surface area contributed by atoms with Crippen molar-refractivity contribution in [3.63, 3.8) is 0 Å². The molecule has 0 spiro atoms. The second-order valence-electron chi connectivity index (χ2n) is 9.47. The standard InChI is InChI=1S/C19H42N4/c1-18(2,3)7-12-23-14-10-21-17(16-23)15-19(4,5)8-11-22(6)13-9-20/h17,21H,7-16,20H2,1-6H3. The zero-order valence-corrected chi connectivity index (χ0v) is 16.6. The van der Waals surface area contributed by atoms with E-state index in [1.54, 1.807) is 0 Å². The average molecular weight is 327 g/mol. The van der Waals surface area contributed by atoms with E-state index in [9.17, 15) is 0 Å². The third kappa shape index (κ3) is 9.65. The van der Waals surface area contributed by atoms with Crippen LogP contribution in [0.1, 0.15) is 53.9 Å². The lowest BCUT2D eigenvalue weighted by Gasteiger charge is -2.39. The monoisotopic (exact) mass is 326 g/mol. The fourth-order valence-corrected chi connectivity index (χ4v) is 3.32. The maximum Gasteiger partial charge on any atom is 0.0200 e. The lowest BCUT2D eigenvalue weighted by atomic mass is 9.81. The van der Waals surface area contributed by atoms with Crippen LogP contribution < -0.4 is 11.1 Å². The van der Waals surface area contributed by atoms with E-state index >= 15 is 0 Å². The van der Waals surface area contributed by atoms with Crippen molar-refractivity contribution in [1.29, 1.82) is 0 Å². The molecule has 0 aromatic rings. The number of likely N-dealkylation sites (N-methyl/N-ethyl adjacent to an activating group) is 1. The van der Waals surface area contributed by atoms with Crippen LogP contribution in [0.5, 0.6) is 0 Å². The van der Waals surface area contributed by atoms with E-state index in [1.165, 1.54) is 38.9 Å². The molecular weight excluding hydrogens is 284 g/mol. The molecule has 0 aromatic heterocycles. The molecule has 0 bridgehead atoms. The quantitative estimate of drug-likeness (QED) is 0.683. The number of piperazine rings is 1. The van der Waals surface area contributed by atoms with Crippen LogP contribution >= 0.6 is 0 Å². The minimum absolute atomic E-state index is 0.383. The van der Waals surface area contributed by atoms with Crippen LogP contribution in [0.2, 0.25) is 0 Å². The molecule has 0 saturated carbocycles. The Labute approximate surface area is 145 Å². The van der Waals surface area contributed by atoms with Crippen molar-refractivity contribution in [2.45, 2.75) is 59.9 Å². The van der Waals surface area contributed by atoms with Crippen LogP contribution in [0, 0.1) is 10.8 Å². The van der Waals surface area contributed by atoms with Gasteiger partial charge < -0.3 is 20.9 Å². The van der Waals surface area contributed by atoms with E-state index in [0.29, 0.717) is 16.9 Å². The zero-order valence-electron chi connectivity index (χ0n) is 16.6. The Hall–Kier alpha value is -0.160. The summed E-state index contributed by atoms with van der Waals surface area (Å²) in [6.45, 7) is 19.5. The van der Waals surface area contributed by atoms with E-state index in [2.05, 4.69) is 56.8 Å². The van der Waals surface area contributed by atoms with Gasteiger partial charge in [0.25, 0.3) is 0 Å². The van der Waals surface area contributed by atoms with Gasteiger partial charge in [-0.1, -0.05) is 34.6 Å². The summed E-state index contributed by atoms with van der Waals surface area (Å²) >= 11 is 0. The Morgan fingerprint density at radius 2 is 1.83 bits per heavy atom. The van der Waals surface area contributed by atoms with Gasteiger partial charge in [0, 0.05) is 38.8 Å². The second-order valence-corrected chi connectivity index (χ2v) is 9.47. The molecule has 1 fully saturated rings. The number of nitrogens with zero attached hydrogens (tertiary/aromatic N) is 2. The Kier molecular flexibility index (Phi) is 8.50. The summed E-state index contributed by atoms with van der Waals surface area (Å²) < 4.78 is 0. The molecule has 4 heteroatoms. The SMILES string of the molecule is CN(CCN)CCC(C)(C)CC1CN(CCC(C)(C)C)CCN1. The minimum Gasteiger partial charge on any atom is -0.329 e. The normalized spacial score (nSPS) is 21.1. The van der Waals surface area contributed by atoms with E-state index in [-0.39, 0.29) is 0 Å². The Morgan fingerprint density at radius 1 is 1.13 bits per heavy atom. The van der Waals surface area contributed by atoms with Crippen LogP contribution in [-0.2, 0) is 0 Å². The Morgan fingerprint density at radius 3 is 2.43 bits per heavy atom. The van der Waals surface area contributed by atoms with E-state index < -0.39 is 0 Å². The minimum atomic E-state index is 0.383. The van der Waals surface area contributed by atoms with Crippen molar-refractivity contribution in [2.75, 3.05) is 52.9 Å². The molecule has 1 rings (SSSR count). The van der Waals surface area contributed by atoms with Gasteiger partial charge in [0.15, 0.2) is 0 Å². The Balaban J connectivity index is 2.36. The van der Waals surface area contributed by atoms with Gasteiger partial charge in [0.1, 0.15) is 0 Å². The summed E-state index contributed by atoms with van der Waals surface area (Å²) in [5.74, 6) is 0. The molecule has 1 aliphatic rings. The highest BCUT2D eigenvalue weighted by molar-refractivity contribution is 4.85. The van der Waals surface area contributed by atoms with Crippen molar-refractivity contribution in [2.24, 2.45) is 16.6 Å². The summed E-state index contributed by atoms with van der Waals surface area (Å²) in [5, 5.41) is 3.74. The molecule has 1 atom stereocenters. The van der Waals surface area contributed by atoms with Gasteiger partial charge in [-0.05, 0) is 50.2 Å². The van der Waals surface area contributed by atoms with Gasteiger partial charge in [-0.25, -0.2) is 0 Å². The third-order valence-electron chi connectivity index (χ3n) is 5.00. The fraction of sp³-hybridized carbons (Fsp3) is 1.00. The van der Waals surface area contributed by atoms with Crippen LogP contribution in [0.3, 0.4) is 0 Å². The molecule has 1 saturated heterocycles. The summed E-state index contributed by atoms with van der Waals surface area (Å²) in [6.07, 6.45) is 3.78. The number of nitrogens with one attached hydrogen (secondary N) is 1. The summed E-state index contributed by atoms with van der Waals surface area (Å²) in [6, 6.07) is 0.638. The van der Waals surface area contributed by atoms with Crippen molar-refractivity contribution >= 4 is 0 Å². The highest BCUT2D eigenvalue weighted by Gasteiger charge is 2.27. The molecule has 0 aromatic carbocycles. The summed E-state index contributed by atoms with van der Waals surface area (Å²) in [7, 11) is 2.18. The summed E-state index contributed by atoms with van der Waals surface area (Å²) in [4.78, 5) is 5.01. The van der Waals surface area contributed by atoms with Crippen molar-refractivity contribution in [1.82, 2.24) is 15.1 Å². The number of hydrogen-bond acceptors (Lipinski definition) is 4. The lowest BCUT2D eigenvalue weighted by Crippen LogP contribution is -2.52. The molecule has 1 heterocycles. The molecule has 0 aliphatic carbocycles. The lowest BCUT2D eigenvalue weighted by molar-refractivity contribution is 0.139. The first-order chi connectivity index (χ1) is 10.6. The number of rotatable bonds is 9. The molecular formula is C19H42N4. The van der Waals surface area contributed by atoms with Crippen LogP contribution in [0.25, 0.3) is 0 Å². The van der Waals surface area contributed by atoms with Gasteiger partial charge in [-0.3, -0.25) is 0 Å². The van der Waals surface area contributed by atoms with Gasteiger partial charge in [0.05, 0.1) is 0 Å². The van der Waals surface area contributed by atoms with Gasteiger partial charge in [0.2, 0.25) is 0 Å². The van der Waals surface area contributed by atoms with Crippen LogP contribution in [0.4, 0.5) is 0 Å². The number of hydrogen-bond donors (Lipinski definition) is 2. The average Bonchev–Trinajstić information content (AvgIpc) is 2.43. The first kappa shape index (κ1) is 20.9. The van der Waals surface area contributed by atoms with Gasteiger partial charge >= 0.3 is 0 Å². The molecule has 3 N–H and O–H groups in total. The topological polar surface area (TPSA) is 44.5 Å². The molecule has 0 amide bonds. The van der Waals surface area contributed by atoms with E-state index in [1.807, 2.05) is 0 Å². The van der Waals surface area contributed by atoms with Crippen molar-refractivity contribution < 1.29 is 0 Å². The molecule has 4 nitrogen and oxygen atoms in total. The van der Waals surface area contributed by atoms with Crippen molar-refractivity contribution in [3.8, 4) is 0 Å². The smallest absolute Gasteiger partial charge is 0.0200 e. The van der Waals surface area contributed by atoms with Gasteiger partial charge in [-0.15, -0.1) is 0 Å². The Bertz CT molecular complexity index is 322. The van der Waals surface area contributed by atoms with E-state index in [4.69, 9.17) is 5.73 Å². The highest BCUT2D eigenvalue weighted by Crippen LogP contribution is 2.28.